The lowest BCUT2D eigenvalue weighted by Gasteiger charge is -2.10. The minimum atomic E-state index is -0.983. The van der Waals surface area contributed by atoms with Crippen LogP contribution in [0.4, 0.5) is 5.88 Å². The van der Waals surface area contributed by atoms with Crippen molar-refractivity contribution in [3.05, 3.63) is 35.4 Å². The average Bonchev–Trinajstić information content (AvgIpc) is 3.06. The van der Waals surface area contributed by atoms with E-state index in [-0.39, 0.29) is 24.8 Å². The number of amides is 1. The summed E-state index contributed by atoms with van der Waals surface area (Å²) in [5.41, 5.74) is 1.36. The van der Waals surface area contributed by atoms with E-state index in [9.17, 15) is 9.59 Å². The summed E-state index contributed by atoms with van der Waals surface area (Å²) in [6, 6.07) is 8.65. The molecule has 1 aromatic carbocycles. The minimum Gasteiger partial charge on any atom is -0.481 e. The maximum absolute atomic E-state index is 11.8. The van der Waals surface area contributed by atoms with Crippen LogP contribution in [0.3, 0.4) is 0 Å². The van der Waals surface area contributed by atoms with Gasteiger partial charge in [0.1, 0.15) is 5.69 Å². The van der Waals surface area contributed by atoms with Crippen molar-refractivity contribution in [2.24, 2.45) is 5.92 Å². The molecule has 108 valence electrons. The molecule has 0 radical (unpaired) electrons. The molecular weight excluding hydrogens is 296 g/mol. The molecule has 1 aliphatic heterocycles. The summed E-state index contributed by atoms with van der Waals surface area (Å²) in [6.07, 6.45) is -0.0215. The van der Waals surface area contributed by atoms with Gasteiger partial charge in [-0.1, -0.05) is 28.9 Å². The van der Waals surface area contributed by atoms with Crippen LogP contribution in [-0.2, 0) is 9.59 Å². The molecular formula is C14H11ClN2O4. The minimum absolute atomic E-state index is 0.0215. The van der Waals surface area contributed by atoms with Crippen LogP contribution in [0.1, 0.15) is 6.42 Å². The molecule has 1 aliphatic rings. The van der Waals surface area contributed by atoms with Gasteiger partial charge in [-0.15, -0.1) is 0 Å². The van der Waals surface area contributed by atoms with Gasteiger partial charge in [0.15, 0.2) is 0 Å². The highest BCUT2D eigenvalue weighted by Gasteiger charge is 2.36. The van der Waals surface area contributed by atoms with Gasteiger partial charge in [0.25, 0.3) is 0 Å². The molecule has 0 bridgehead atoms. The van der Waals surface area contributed by atoms with E-state index < -0.39 is 11.9 Å². The van der Waals surface area contributed by atoms with Crippen LogP contribution in [-0.4, -0.2) is 28.7 Å². The fraction of sp³-hybridized carbons (Fsp3) is 0.214. The summed E-state index contributed by atoms with van der Waals surface area (Å²) in [7, 11) is 0. The molecule has 21 heavy (non-hydrogen) atoms. The Bertz CT molecular complexity index is 695. The van der Waals surface area contributed by atoms with Gasteiger partial charge >= 0.3 is 5.97 Å². The lowest BCUT2D eigenvalue weighted by Crippen LogP contribution is -2.25. The molecule has 1 saturated heterocycles. The molecule has 0 aliphatic carbocycles. The molecule has 7 heteroatoms. The first kappa shape index (κ1) is 13.6. The van der Waals surface area contributed by atoms with Gasteiger partial charge in [-0.25, -0.2) is 0 Å². The number of anilines is 1. The average molecular weight is 307 g/mol. The second-order valence-corrected chi connectivity index (χ2v) is 5.24. The zero-order valence-electron chi connectivity index (χ0n) is 10.8. The Balaban J connectivity index is 1.84. The van der Waals surface area contributed by atoms with Crippen LogP contribution < -0.4 is 4.90 Å². The third kappa shape index (κ3) is 2.62. The van der Waals surface area contributed by atoms with Crippen molar-refractivity contribution in [3.63, 3.8) is 0 Å². The quantitative estimate of drug-likeness (QED) is 0.941. The van der Waals surface area contributed by atoms with Gasteiger partial charge in [0.05, 0.1) is 5.92 Å². The second-order valence-electron chi connectivity index (χ2n) is 4.80. The normalized spacial score (nSPS) is 18.2. The number of carbonyl (C=O) groups is 2. The van der Waals surface area contributed by atoms with Crippen LogP contribution in [0.2, 0.25) is 5.02 Å². The third-order valence-electron chi connectivity index (χ3n) is 3.38. The van der Waals surface area contributed by atoms with E-state index in [4.69, 9.17) is 21.2 Å². The standard InChI is InChI=1S/C14H11ClN2O4/c15-10-3-1-8(2-4-10)11-6-13(21-16-11)17-7-9(14(19)20)5-12(17)18/h1-4,6,9H,5,7H2,(H,19,20). The summed E-state index contributed by atoms with van der Waals surface area (Å²) in [5.74, 6) is -1.71. The molecule has 1 fully saturated rings. The Hall–Kier alpha value is -2.34. The molecule has 6 nitrogen and oxygen atoms in total. The Kier molecular flexibility index (Phi) is 3.39. The topological polar surface area (TPSA) is 83.6 Å². The predicted octanol–water partition coefficient (Wildman–Crippen LogP) is 2.43. The molecule has 0 saturated carbocycles. The number of rotatable bonds is 3. The Labute approximate surface area is 124 Å². The van der Waals surface area contributed by atoms with Crippen LogP contribution in [0.5, 0.6) is 0 Å². The number of aliphatic carboxylic acids is 1. The van der Waals surface area contributed by atoms with E-state index in [0.717, 1.165) is 5.56 Å². The van der Waals surface area contributed by atoms with Crippen LogP contribution in [0.25, 0.3) is 11.3 Å². The Morgan fingerprint density at radius 3 is 2.71 bits per heavy atom. The summed E-state index contributed by atoms with van der Waals surface area (Å²) >= 11 is 5.82. The highest BCUT2D eigenvalue weighted by Crippen LogP contribution is 2.29. The highest BCUT2D eigenvalue weighted by molar-refractivity contribution is 6.30. The maximum Gasteiger partial charge on any atom is 0.308 e. The molecule has 1 N–H and O–H groups in total. The zero-order chi connectivity index (χ0) is 15.0. The van der Waals surface area contributed by atoms with Crippen molar-refractivity contribution in [2.45, 2.75) is 6.42 Å². The molecule has 1 aromatic heterocycles. The van der Waals surface area contributed by atoms with E-state index in [0.29, 0.717) is 10.7 Å². The van der Waals surface area contributed by atoms with Crippen LogP contribution in [0.15, 0.2) is 34.9 Å². The van der Waals surface area contributed by atoms with Crippen molar-refractivity contribution in [2.75, 3.05) is 11.4 Å². The second kappa shape index (κ2) is 5.21. The van der Waals surface area contributed by atoms with E-state index in [1.807, 2.05) is 0 Å². The molecule has 1 amide bonds. The number of aromatic nitrogens is 1. The zero-order valence-corrected chi connectivity index (χ0v) is 11.6. The highest BCUT2D eigenvalue weighted by atomic mass is 35.5. The molecule has 2 heterocycles. The van der Waals surface area contributed by atoms with Gasteiger partial charge in [-0.2, -0.15) is 0 Å². The van der Waals surface area contributed by atoms with Crippen LogP contribution in [0, 0.1) is 5.92 Å². The van der Waals surface area contributed by atoms with Gasteiger partial charge < -0.3 is 9.63 Å². The number of nitrogens with zero attached hydrogens (tertiary/aromatic N) is 2. The van der Waals surface area contributed by atoms with E-state index in [1.54, 1.807) is 30.3 Å². The molecule has 1 atom stereocenters. The summed E-state index contributed by atoms with van der Waals surface area (Å²) in [4.78, 5) is 24.1. The van der Waals surface area contributed by atoms with E-state index in [1.165, 1.54) is 4.90 Å². The van der Waals surface area contributed by atoms with Crippen molar-refractivity contribution in [1.82, 2.24) is 5.16 Å². The first-order chi connectivity index (χ1) is 10.0. The fourth-order valence-electron chi connectivity index (χ4n) is 2.24. The monoisotopic (exact) mass is 306 g/mol. The molecule has 2 aromatic rings. The Morgan fingerprint density at radius 2 is 2.10 bits per heavy atom. The largest absolute Gasteiger partial charge is 0.481 e. The summed E-state index contributed by atoms with van der Waals surface area (Å²) < 4.78 is 5.16. The summed E-state index contributed by atoms with van der Waals surface area (Å²) in [6.45, 7) is 0.101. The predicted molar refractivity (Wildman–Crippen MR) is 75.0 cm³/mol. The first-order valence-corrected chi connectivity index (χ1v) is 6.68. The first-order valence-electron chi connectivity index (χ1n) is 6.30. The lowest BCUT2D eigenvalue weighted by molar-refractivity contribution is -0.141. The van der Waals surface area contributed by atoms with E-state index in [2.05, 4.69) is 5.16 Å². The fourth-order valence-corrected chi connectivity index (χ4v) is 2.36. The third-order valence-corrected chi connectivity index (χ3v) is 3.63. The molecule has 1 unspecified atom stereocenters. The number of benzene rings is 1. The summed E-state index contributed by atoms with van der Waals surface area (Å²) in [5, 5.41) is 13.5. The van der Waals surface area contributed by atoms with Crippen molar-refractivity contribution < 1.29 is 19.2 Å². The van der Waals surface area contributed by atoms with Crippen molar-refractivity contribution in [1.29, 1.82) is 0 Å². The number of carbonyl (C=O) groups excluding carboxylic acids is 1. The number of hydrogen-bond acceptors (Lipinski definition) is 4. The molecule has 0 spiro atoms. The number of carboxylic acid groups (broad SMARTS) is 1. The Morgan fingerprint density at radius 1 is 1.38 bits per heavy atom. The van der Waals surface area contributed by atoms with Crippen LogP contribution >= 0.6 is 11.6 Å². The van der Waals surface area contributed by atoms with Crippen molar-refractivity contribution in [3.8, 4) is 11.3 Å². The van der Waals surface area contributed by atoms with Gasteiger partial charge in [-0.05, 0) is 12.1 Å². The van der Waals surface area contributed by atoms with Gasteiger partial charge in [-0.3, -0.25) is 14.5 Å². The smallest absolute Gasteiger partial charge is 0.308 e. The maximum atomic E-state index is 11.8. The van der Waals surface area contributed by atoms with Gasteiger partial charge in [0.2, 0.25) is 11.8 Å². The number of halogens is 1. The lowest BCUT2D eigenvalue weighted by atomic mass is 10.1. The number of hydrogen-bond donors (Lipinski definition) is 1. The molecule has 3 rings (SSSR count). The van der Waals surface area contributed by atoms with Gasteiger partial charge in [0, 0.05) is 29.6 Å². The van der Waals surface area contributed by atoms with Crippen molar-refractivity contribution >= 4 is 29.4 Å². The number of carboxylic acids is 1. The van der Waals surface area contributed by atoms with E-state index >= 15 is 0 Å². The SMILES string of the molecule is O=C(O)C1CC(=O)N(c2cc(-c3ccc(Cl)cc3)no2)C1.